The van der Waals surface area contributed by atoms with Crippen LogP contribution >= 0.6 is 0 Å². The summed E-state index contributed by atoms with van der Waals surface area (Å²) < 4.78 is 1.73. The Kier molecular flexibility index (Phi) is 6.07. The highest BCUT2D eigenvalue weighted by Crippen LogP contribution is 2.25. The highest BCUT2D eigenvalue weighted by atomic mass is 16.2. The van der Waals surface area contributed by atoms with Crippen molar-refractivity contribution < 1.29 is 4.79 Å². The minimum absolute atomic E-state index is 0.0183. The predicted molar refractivity (Wildman–Crippen MR) is 92.6 cm³/mol. The lowest BCUT2D eigenvalue weighted by molar-refractivity contribution is 0.112. The van der Waals surface area contributed by atoms with E-state index in [2.05, 4.69) is 25.6 Å². The molecule has 7 nitrogen and oxygen atoms in total. The van der Waals surface area contributed by atoms with Gasteiger partial charge < -0.3 is 10.6 Å². The van der Waals surface area contributed by atoms with Crippen LogP contribution in [0.15, 0.2) is 12.7 Å². The fourth-order valence-electron chi connectivity index (χ4n) is 4.01. The Morgan fingerprint density at radius 2 is 2.08 bits per heavy atom. The number of carbonyl (C=O) groups is 1. The van der Waals surface area contributed by atoms with Crippen molar-refractivity contribution in [3.63, 3.8) is 0 Å². The predicted octanol–water partition coefficient (Wildman–Crippen LogP) is 1.76. The Hall–Kier alpha value is -1.63. The van der Waals surface area contributed by atoms with Gasteiger partial charge in [0.2, 0.25) is 0 Å². The highest BCUT2D eigenvalue weighted by Gasteiger charge is 2.27. The molecule has 1 saturated heterocycles. The van der Waals surface area contributed by atoms with E-state index in [0.717, 1.165) is 19.0 Å². The first kappa shape index (κ1) is 17.2. The third-order valence-electron chi connectivity index (χ3n) is 5.18. The SMILES string of the molecule is C[C@@H](Cn1cncn1)NC(=O)N[C@H]1CCCN(C2CCCCC2)C1. The average molecular weight is 334 g/mol. The molecule has 2 aliphatic rings. The summed E-state index contributed by atoms with van der Waals surface area (Å²) in [6, 6.07) is 0.944. The van der Waals surface area contributed by atoms with Crippen LogP contribution in [0.3, 0.4) is 0 Å². The highest BCUT2D eigenvalue weighted by molar-refractivity contribution is 5.74. The van der Waals surface area contributed by atoms with Crippen molar-refractivity contribution in [1.29, 1.82) is 0 Å². The van der Waals surface area contributed by atoms with Crippen molar-refractivity contribution in [3.05, 3.63) is 12.7 Å². The Bertz CT molecular complexity index is 499. The van der Waals surface area contributed by atoms with E-state index in [1.807, 2.05) is 6.92 Å². The normalized spacial score (nSPS) is 24.5. The number of hydrogen-bond acceptors (Lipinski definition) is 4. The standard InChI is InChI=1S/C17H30N6O/c1-14(10-23-13-18-12-19-23)20-17(24)21-15-6-5-9-22(11-15)16-7-3-2-4-8-16/h12-16H,2-11H2,1H3,(H2,20,21,24)/t14-,15-/m0/s1. The number of nitrogens with zero attached hydrogens (tertiary/aromatic N) is 4. The first-order valence-corrected chi connectivity index (χ1v) is 9.34. The summed E-state index contributed by atoms with van der Waals surface area (Å²) >= 11 is 0. The maximum absolute atomic E-state index is 12.2. The first-order chi connectivity index (χ1) is 11.7. The van der Waals surface area contributed by atoms with Crippen LogP contribution in [0.25, 0.3) is 0 Å². The van der Waals surface area contributed by atoms with Gasteiger partial charge in [-0.1, -0.05) is 19.3 Å². The molecule has 24 heavy (non-hydrogen) atoms. The smallest absolute Gasteiger partial charge is 0.315 e. The zero-order chi connectivity index (χ0) is 16.8. The van der Waals surface area contributed by atoms with E-state index in [-0.39, 0.29) is 18.1 Å². The summed E-state index contributed by atoms with van der Waals surface area (Å²) in [5.74, 6) is 0. The van der Waals surface area contributed by atoms with E-state index in [9.17, 15) is 4.79 Å². The molecule has 0 spiro atoms. The molecular weight excluding hydrogens is 304 g/mol. The molecule has 0 bridgehead atoms. The minimum atomic E-state index is -0.0712. The number of likely N-dealkylation sites (tertiary alicyclic amines) is 1. The molecule has 2 heterocycles. The molecule has 2 N–H and O–H groups in total. The van der Waals surface area contributed by atoms with Crippen LogP contribution in [0.5, 0.6) is 0 Å². The summed E-state index contributed by atoms with van der Waals surface area (Å²) in [5, 5.41) is 10.2. The first-order valence-electron chi connectivity index (χ1n) is 9.34. The summed E-state index contributed by atoms with van der Waals surface area (Å²) in [4.78, 5) is 18.8. The second kappa shape index (κ2) is 8.46. The van der Waals surface area contributed by atoms with Crippen LogP contribution in [0.1, 0.15) is 51.9 Å². The van der Waals surface area contributed by atoms with Gasteiger partial charge in [0.15, 0.2) is 0 Å². The minimum Gasteiger partial charge on any atom is -0.334 e. The van der Waals surface area contributed by atoms with E-state index in [0.29, 0.717) is 6.54 Å². The van der Waals surface area contributed by atoms with Crippen molar-refractivity contribution in [3.8, 4) is 0 Å². The largest absolute Gasteiger partial charge is 0.334 e. The van der Waals surface area contributed by atoms with Gasteiger partial charge in [-0.3, -0.25) is 9.58 Å². The molecule has 2 fully saturated rings. The second-order valence-electron chi connectivity index (χ2n) is 7.26. The zero-order valence-electron chi connectivity index (χ0n) is 14.7. The van der Waals surface area contributed by atoms with Crippen molar-refractivity contribution in [2.75, 3.05) is 13.1 Å². The van der Waals surface area contributed by atoms with Gasteiger partial charge in [0.05, 0.1) is 6.54 Å². The molecule has 1 aromatic heterocycles. The van der Waals surface area contributed by atoms with Crippen LogP contribution in [0.4, 0.5) is 4.79 Å². The molecule has 1 aliphatic heterocycles. The lowest BCUT2D eigenvalue weighted by Gasteiger charge is -2.40. The van der Waals surface area contributed by atoms with Crippen LogP contribution in [-0.4, -0.2) is 56.9 Å². The van der Waals surface area contributed by atoms with Gasteiger partial charge in [-0.2, -0.15) is 5.10 Å². The average Bonchev–Trinajstić information content (AvgIpc) is 3.08. The van der Waals surface area contributed by atoms with Gasteiger partial charge in [-0.15, -0.1) is 0 Å². The van der Waals surface area contributed by atoms with Gasteiger partial charge in [-0.25, -0.2) is 9.78 Å². The van der Waals surface area contributed by atoms with Crippen LogP contribution in [0.2, 0.25) is 0 Å². The number of rotatable bonds is 5. The van der Waals surface area contributed by atoms with E-state index in [1.54, 1.807) is 11.0 Å². The van der Waals surface area contributed by atoms with E-state index >= 15 is 0 Å². The third-order valence-corrected chi connectivity index (χ3v) is 5.18. The fourth-order valence-corrected chi connectivity index (χ4v) is 4.01. The van der Waals surface area contributed by atoms with E-state index in [4.69, 9.17) is 0 Å². The maximum Gasteiger partial charge on any atom is 0.315 e. The summed E-state index contributed by atoms with van der Waals surface area (Å²) in [6.07, 6.45) is 12.2. The number of hydrogen-bond donors (Lipinski definition) is 2. The van der Waals surface area contributed by atoms with Gasteiger partial charge in [-0.05, 0) is 39.2 Å². The monoisotopic (exact) mass is 334 g/mol. The van der Waals surface area contributed by atoms with Gasteiger partial charge in [0.25, 0.3) is 0 Å². The number of piperidine rings is 1. The molecule has 1 aromatic rings. The van der Waals surface area contributed by atoms with E-state index in [1.165, 1.54) is 51.4 Å². The quantitative estimate of drug-likeness (QED) is 0.860. The Morgan fingerprint density at radius 1 is 1.25 bits per heavy atom. The second-order valence-corrected chi connectivity index (χ2v) is 7.26. The molecule has 3 rings (SSSR count). The molecule has 7 heteroatoms. The van der Waals surface area contributed by atoms with Crippen molar-refractivity contribution >= 4 is 6.03 Å². The maximum atomic E-state index is 12.2. The molecule has 2 amide bonds. The molecule has 1 saturated carbocycles. The lowest BCUT2D eigenvalue weighted by Crippen LogP contribution is -2.54. The molecule has 0 aromatic carbocycles. The zero-order valence-corrected chi connectivity index (χ0v) is 14.7. The molecular formula is C17H30N6O. The molecule has 134 valence electrons. The van der Waals surface area contributed by atoms with Crippen LogP contribution in [-0.2, 0) is 6.54 Å². The van der Waals surface area contributed by atoms with E-state index < -0.39 is 0 Å². The van der Waals surface area contributed by atoms with Crippen molar-refractivity contribution in [2.24, 2.45) is 0 Å². The summed E-state index contributed by atoms with van der Waals surface area (Å²) in [5.41, 5.74) is 0. The number of urea groups is 1. The Labute approximate surface area is 144 Å². The molecule has 0 radical (unpaired) electrons. The van der Waals surface area contributed by atoms with Crippen LogP contribution in [0, 0.1) is 0 Å². The molecule has 2 atom stereocenters. The Morgan fingerprint density at radius 3 is 2.83 bits per heavy atom. The molecule has 1 aliphatic carbocycles. The number of amides is 2. The number of nitrogens with one attached hydrogen (secondary N) is 2. The molecule has 0 unspecified atom stereocenters. The van der Waals surface area contributed by atoms with Gasteiger partial charge in [0.1, 0.15) is 12.7 Å². The van der Waals surface area contributed by atoms with Gasteiger partial charge >= 0.3 is 6.03 Å². The summed E-state index contributed by atoms with van der Waals surface area (Å²) in [6.45, 7) is 4.80. The number of carbonyl (C=O) groups excluding carboxylic acids is 1. The fraction of sp³-hybridized carbons (Fsp3) is 0.824. The van der Waals surface area contributed by atoms with Gasteiger partial charge in [0, 0.05) is 24.7 Å². The Balaban J connectivity index is 1.41. The van der Waals surface area contributed by atoms with Crippen molar-refractivity contribution in [2.45, 2.75) is 76.5 Å². The lowest BCUT2D eigenvalue weighted by atomic mass is 9.92. The van der Waals surface area contributed by atoms with Crippen LogP contribution < -0.4 is 10.6 Å². The third kappa shape index (κ3) is 4.93. The topological polar surface area (TPSA) is 75.1 Å². The van der Waals surface area contributed by atoms with Crippen molar-refractivity contribution in [1.82, 2.24) is 30.3 Å². The number of aromatic nitrogens is 3. The summed E-state index contributed by atoms with van der Waals surface area (Å²) in [7, 11) is 0.